The topological polar surface area (TPSA) is 67.8 Å². The van der Waals surface area contributed by atoms with E-state index >= 15 is 0 Å². The molecule has 3 aromatic carbocycles. The largest absolute Gasteiger partial charge is 0.422 e. The van der Waals surface area contributed by atoms with Gasteiger partial charge in [0.05, 0.1) is 17.3 Å². The highest BCUT2D eigenvalue weighted by Crippen LogP contribution is 2.23. The van der Waals surface area contributed by atoms with Crippen LogP contribution in [0.3, 0.4) is 0 Å². The number of carbonyl (C=O) groups excluding carboxylic acids is 2. The zero-order chi connectivity index (χ0) is 20.8. The molecule has 0 aliphatic rings. The van der Waals surface area contributed by atoms with Crippen molar-refractivity contribution in [2.24, 2.45) is 5.10 Å². The number of rotatable bonds is 5. The van der Waals surface area contributed by atoms with E-state index in [1.165, 1.54) is 6.21 Å². The molecule has 0 aliphatic carbocycles. The van der Waals surface area contributed by atoms with Gasteiger partial charge in [-0.2, -0.15) is 5.10 Å². The van der Waals surface area contributed by atoms with Gasteiger partial charge in [-0.1, -0.05) is 45.8 Å². The fourth-order valence-electron chi connectivity index (χ4n) is 2.51. The molecule has 0 spiro atoms. The lowest BCUT2D eigenvalue weighted by atomic mass is 10.1. The first-order valence-electron chi connectivity index (χ1n) is 8.60. The van der Waals surface area contributed by atoms with Crippen molar-refractivity contribution in [3.05, 3.63) is 97.0 Å². The normalized spacial score (nSPS) is 10.7. The van der Waals surface area contributed by atoms with E-state index in [1.807, 2.05) is 25.1 Å². The molecule has 7 heteroatoms. The van der Waals surface area contributed by atoms with E-state index in [1.54, 1.807) is 48.5 Å². The average Bonchev–Trinajstić information content (AvgIpc) is 2.70. The van der Waals surface area contributed by atoms with Gasteiger partial charge < -0.3 is 4.74 Å². The zero-order valence-corrected chi connectivity index (χ0v) is 19.1. The van der Waals surface area contributed by atoms with Crippen LogP contribution in [-0.4, -0.2) is 18.1 Å². The number of ether oxygens (including phenoxy) is 1. The number of hydrogen-bond donors (Lipinski definition) is 1. The molecule has 0 fully saturated rings. The first-order chi connectivity index (χ1) is 13.9. The maximum absolute atomic E-state index is 12.5. The maximum atomic E-state index is 12.5. The average molecular weight is 563 g/mol. The SMILES string of the molecule is Cc1cccc(C(=O)Oc2ccc(Br)cc2C=NNC(=O)c2ccccc2I)c1. The molecule has 29 heavy (non-hydrogen) atoms. The molecular formula is C22H16BrIN2O3. The molecule has 0 aliphatic heterocycles. The van der Waals surface area contributed by atoms with Gasteiger partial charge in [0.2, 0.25) is 0 Å². The van der Waals surface area contributed by atoms with Crippen molar-refractivity contribution in [2.75, 3.05) is 0 Å². The van der Waals surface area contributed by atoms with Crippen LogP contribution < -0.4 is 10.2 Å². The molecule has 3 aromatic rings. The third-order valence-electron chi connectivity index (χ3n) is 3.92. The van der Waals surface area contributed by atoms with E-state index in [9.17, 15) is 9.59 Å². The van der Waals surface area contributed by atoms with Gasteiger partial charge in [0.15, 0.2) is 0 Å². The van der Waals surface area contributed by atoms with Crippen LogP contribution in [-0.2, 0) is 0 Å². The molecule has 5 nitrogen and oxygen atoms in total. The summed E-state index contributed by atoms with van der Waals surface area (Å²) in [6.45, 7) is 1.91. The van der Waals surface area contributed by atoms with Crippen molar-refractivity contribution in [3.63, 3.8) is 0 Å². The van der Waals surface area contributed by atoms with E-state index < -0.39 is 5.97 Å². The molecule has 0 heterocycles. The molecule has 0 saturated heterocycles. The number of halogens is 2. The van der Waals surface area contributed by atoms with Gasteiger partial charge in [0.25, 0.3) is 5.91 Å². The summed E-state index contributed by atoms with van der Waals surface area (Å²) in [7, 11) is 0. The Labute approximate surface area is 190 Å². The van der Waals surface area contributed by atoms with Crippen LogP contribution in [0.5, 0.6) is 5.75 Å². The van der Waals surface area contributed by atoms with Crippen LogP contribution in [0, 0.1) is 10.5 Å². The second kappa shape index (κ2) is 9.80. The predicted octanol–water partition coefficient (Wildman–Crippen LogP) is 5.35. The molecule has 1 amide bonds. The van der Waals surface area contributed by atoms with Crippen molar-refractivity contribution in [1.29, 1.82) is 0 Å². The Morgan fingerprint density at radius 3 is 2.62 bits per heavy atom. The van der Waals surface area contributed by atoms with Crippen LogP contribution in [0.25, 0.3) is 0 Å². The number of nitrogens with zero attached hydrogens (tertiary/aromatic N) is 1. The van der Waals surface area contributed by atoms with Gasteiger partial charge in [0.1, 0.15) is 5.75 Å². The van der Waals surface area contributed by atoms with E-state index in [0.717, 1.165) is 13.6 Å². The molecule has 0 radical (unpaired) electrons. The maximum Gasteiger partial charge on any atom is 0.343 e. The van der Waals surface area contributed by atoms with Gasteiger partial charge in [-0.05, 0) is 72.0 Å². The minimum Gasteiger partial charge on any atom is -0.422 e. The van der Waals surface area contributed by atoms with E-state index in [4.69, 9.17) is 4.74 Å². The highest BCUT2D eigenvalue weighted by Gasteiger charge is 2.12. The monoisotopic (exact) mass is 562 g/mol. The second-order valence-electron chi connectivity index (χ2n) is 6.12. The van der Waals surface area contributed by atoms with Gasteiger partial charge in [-0.15, -0.1) is 0 Å². The number of benzene rings is 3. The summed E-state index contributed by atoms with van der Waals surface area (Å²) in [6, 6.07) is 19.6. The summed E-state index contributed by atoms with van der Waals surface area (Å²) in [5.41, 5.74) is 5.00. The van der Waals surface area contributed by atoms with E-state index in [-0.39, 0.29) is 5.91 Å². The second-order valence-corrected chi connectivity index (χ2v) is 8.20. The number of hydrogen-bond acceptors (Lipinski definition) is 4. The number of esters is 1. The van der Waals surface area contributed by atoms with Crippen molar-refractivity contribution in [1.82, 2.24) is 5.43 Å². The summed E-state index contributed by atoms with van der Waals surface area (Å²) >= 11 is 5.49. The Morgan fingerprint density at radius 2 is 1.86 bits per heavy atom. The van der Waals surface area contributed by atoms with Crippen LogP contribution in [0.4, 0.5) is 0 Å². The summed E-state index contributed by atoms with van der Waals surface area (Å²) in [5.74, 6) is -0.444. The molecule has 0 bridgehead atoms. The van der Waals surface area contributed by atoms with Gasteiger partial charge in [0, 0.05) is 13.6 Å². The summed E-state index contributed by atoms with van der Waals surface area (Å²) in [6.07, 6.45) is 1.44. The lowest BCUT2D eigenvalue weighted by molar-refractivity contribution is 0.0734. The van der Waals surface area contributed by atoms with Crippen molar-refractivity contribution < 1.29 is 14.3 Å². The number of amides is 1. The molecule has 3 rings (SSSR count). The number of carbonyl (C=O) groups is 2. The molecular weight excluding hydrogens is 547 g/mol. The highest BCUT2D eigenvalue weighted by atomic mass is 127. The van der Waals surface area contributed by atoms with Crippen molar-refractivity contribution >= 4 is 56.6 Å². The minimum absolute atomic E-state index is 0.320. The van der Waals surface area contributed by atoms with E-state index in [2.05, 4.69) is 49.0 Å². The standard InChI is InChI=1S/C22H16BrIN2O3/c1-14-5-4-6-15(11-14)22(28)29-20-10-9-17(23)12-16(20)13-25-26-21(27)18-7-2-3-8-19(18)24/h2-13H,1H3,(H,26,27). The molecule has 0 atom stereocenters. The van der Waals surface area contributed by atoms with Gasteiger partial charge in [-0.3, -0.25) is 4.79 Å². The minimum atomic E-state index is -0.464. The Hall–Kier alpha value is -2.52. The van der Waals surface area contributed by atoms with Gasteiger partial charge >= 0.3 is 5.97 Å². The molecule has 1 N–H and O–H groups in total. The molecule has 0 aromatic heterocycles. The molecule has 146 valence electrons. The lowest BCUT2D eigenvalue weighted by Crippen LogP contribution is -2.18. The Bertz CT molecular complexity index is 1100. The Kier molecular flexibility index (Phi) is 7.16. The van der Waals surface area contributed by atoms with Crippen LogP contribution in [0.2, 0.25) is 0 Å². The number of hydrazone groups is 1. The summed E-state index contributed by atoms with van der Waals surface area (Å²) < 4.78 is 7.15. The van der Waals surface area contributed by atoms with Crippen LogP contribution in [0.1, 0.15) is 31.8 Å². The fourth-order valence-corrected chi connectivity index (χ4v) is 3.52. The first-order valence-corrected chi connectivity index (χ1v) is 10.5. The van der Waals surface area contributed by atoms with Crippen molar-refractivity contribution in [2.45, 2.75) is 6.92 Å². The Balaban J connectivity index is 1.76. The molecule has 0 unspecified atom stereocenters. The quantitative estimate of drug-likeness (QED) is 0.150. The number of nitrogens with one attached hydrogen (secondary N) is 1. The summed E-state index contributed by atoms with van der Waals surface area (Å²) in [4.78, 5) is 24.7. The van der Waals surface area contributed by atoms with Crippen LogP contribution >= 0.6 is 38.5 Å². The smallest absolute Gasteiger partial charge is 0.343 e. The fraction of sp³-hybridized carbons (Fsp3) is 0.0455. The molecule has 0 saturated carbocycles. The summed E-state index contributed by atoms with van der Waals surface area (Å²) in [5, 5.41) is 4.01. The Morgan fingerprint density at radius 1 is 1.07 bits per heavy atom. The number of aryl methyl sites for hydroxylation is 1. The predicted molar refractivity (Wildman–Crippen MR) is 124 cm³/mol. The van der Waals surface area contributed by atoms with E-state index in [0.29, 0.717) is 22.4 Å². The highest BCUT2D eigenvalue weighted by molar-refractivity contribution is 14.1. The lowest BCUT2D eigenvalue weighted by Gasteiger charge is -2.08. The first kappa shape index (κ1) is 21.2. The zero-order valence-electron chi connectivity index (χ0n) is 15.4. The third-order valence-corrected chi connectivity index (χ3v) is 5.35. The van der Waals surface area contributed by atoms with Crippen molar-refractivity contribution in [3.8, 4) is 5.75 Å². The van der Waals surface area contributed by atoms with Gasteiger partial charge in [-0.25, -0.2) is 10.2 Å². The third kappa shape index (κ3) is 5.74. The van der Waals surface area contributed by atoms with Crippen LogP contribution in [0.15, 0.2) is 76.3 Å².